The summed E-state index contributed by atoms with van der Waals surface area (Å²) in [4.78, 5) is 12.2. The topological polar surface area (TPSA) is 85.1 Å². The lowest BCUT2D eigenvalue weighted by molar-refractivity contribution is -0.384. The van der Waals surface area contributed by atoms with Crippen LogP contribution in [-0.2, 0) is 0 Å². The van der Waals surface area contributed by atoms with Crippen molar-refractivity contribution in [3.05, 3.63) is 22.2 Å². The van der Waals surface area contributed by atoms with Gasteiger partial charge in [0.2, 0.25) is 0 Å². The van der Waals surface area contributed by atoms with Crippen LogP contribution in [0.4, 0.5) is 11.4 Å². The molecule has 1 aromatic carbocycles. The highest BCUT2D eigenvalue weighted by Gasteiger charge is 2.22. The molecule has 0 amide bonds. The van der Waals surface area contributed by atoms with Crippen LogP contribution in [0.3, 0.4) is 0 Å². The van der Waals surface area contributed by atoms with Gasteiger partial charge < -0.3 is 19.5 Å². The van der Waals surface area contributed by atoms with Crippen molar-refractivity contribution in [1.29, 1.82) is 0 Å². The molecule has 0 radical (unpaired) electrons. The van der Waals surface area contributed by atoms with Crippen LogP contribution in [0.25, 0.3) is 0 Å². The SMILES string of the molecule is COc1cc(N(C)CC(C)O)c([N+](=O)[O-])cc1OC. The molecule has 7 heteroatoms. The first kappa shape index (κ1) is 15.0. The largest absolute Gasteiger partial charge is 0.493 e. The Kier molecular flexibility index (Phi) is 4.94. The maximum absolute atomic E-state index is 11.1. The van der Waals surface area contributed by atoms with Gasteiger partial charge in [0.15, 0.2) is 11.5 Å². The Labute approximate surface area is 111 Å². The van der Waals surface area contributed by atoms with Gasteiger partial charge in [-0.15, -0.1) is 0 Å². The normalized spacial score (nSPS) is 11.8. The number of nitro groups is 1. The maximum atomic E-state index is 11.1. The van der Waals surface area contributed by atoms with Gasteiger partial charge >= 0.3 is 0 Å². The van der Waals surface area contributed by atoms with Gasteiger partial charge in [-0.2, -0.15) is 0 Å². The van der Waals surface area contributed by atoms with E-state index in [2.05, 4.69) is 0 Å². The number of aliphatic hydroxyl groups is 1. The number of ether oxygens (including phenoxy) is 2. The summed E-state index contributed by atoms with van der Waals surface area (Å²) in [6.45, 7) is 1.89. The van der Waals surface area contributed by atoms with Crippen LogP contribution in [0.1, 0.15) is 6.92 Å². The highest BCUT2D eigenvalue weighted by molar-refractivity contribution is 5.69. The molecule has 106 valence electrons. The van der Waals surface area contributed by atoms with Gasteiger partial charge in [-0.05, 0) is 6.92 Å². The predicted molar refractivity (Wildman–Crippen MR) is 71.2 cm³/mol. The van der Waals surface area contributed by atoms with Gasteiger partial charge in [0, 0.05) is 19.7 Å². The Bertz CT molecular complexity index is 462. The molecule has 0 aliphatic rings. The average Bonchev–Trinajstić information content (AvgIpc) is 2.35. The number of nitro benzene ring substituents is 1. The fourth-order valence-electron chi connectivity index (χ4n) is 1.80. The third kappa shape index (κ3) is 3.47. The van der Waals surface area contributed by atoms with Crippen LogP contribution in [-0.4, -0.2) is 43.9 Å². The molecule has 1 rings (SSSR count). The molecular formula is C12H18N2O5. The fourth-order valence-corrected chi connectivity index (χ4v) is 1.80. The van der Waals surface area contributed by atoms with E-state index in [0.717, 1.165) is 0 Å². The van der Waals surface area contributed by atoms with Crippen LogP contribution >= 0.6 is 0 Å². The number of aliphatic hydroxyl groups excluding tert-OH is 1. The summed E-state index contributed by atoms with van der Waals surface area (Å²) in [5.74, 6) is 0.698. The maximum Gasteiger partial charge on any atom is 0.296 e. The number of rotatable bonds is 6. The van der Waals surface area contributed by atoms with Crippen LogP contribution in [0.15, 0.2) is 12.1 Å². The molecule has 1 N–H and O–H groups in total. The van der Waals surface area contributed by atoms with Crippen molar-refractivity contribution in [2.75, 3.05) is 32.7 Å². The van der Waals surface area contributed by atoms with E-state index in [1.165, 1.54) is 26.4 Å². The summed E-state index contributed by atoms with van der Waals surface area (Å²) < 4.78 is 10.2. The Morgan fingerprint density at radius 3 is 2.32 bits per heavy atom. The van der Waals surface area contributed by atoms with E-state index in [0.29, 0.717) is 17.2 Å². The monoisotopic (exact) mass is 270 g/mol. The average molecular weight is 270 g/mol. The quantitative estimate of drug-likeness (QED) is 0.621. The van der Waals surface area contributed by atoms with E-state index in [1.54, 1.807) is 18.9 Å². The molecule has 1 aromatic rings. The van der Waals surface area contributed by atoms with Gasteiger partial charge in [-0.25, -0.2) is 0 Å². The number of benzene rings is 1. The summed E-state index contributed by atoms with van der Waals surface area (Å²) in [5, 5.41) is 20.5. The van der Waals surface area contributed by atoms with E-state index >= 15 is 0 Å². The standard InChI is InChI=1S/C12H18N2O5/c1-8(15)7-13(2)9-5-11(18-3)12(19-4)6-10(9)14(16)17/h5-6,8,15H,7H2,1-4H3. The van der Waals surface area contributed by atoms with Crippen molar-refractivity contribution in [3.63, 3.8) is 0 Å². The van der Waals surface area contributed by atoms with Crippen LogP contribution < -0.4 is 14.4 Å². The molecule has 7 nitrogen and oxygen atoms in total. The van der Waals surface area contributed by atoms with Crippen molar-refractivity contribution in [3.8, 4) is 11.5 Å². The third-order valence-electron chi connectivity index (χ3n) is 2.63. The van der Waals surface area contributed by atoms with E-state index in [4.69, 9.17) is 9.47 Å². The number of hydrogen-bond donors (Lipinski definition) is 1. The molecule has 0 bridgehead atoms. The summed E-state index contributed by atoms with van der Waals surface area (Å²) in [6, 6.07) is 2.84. The highest BCUT2D eigenvalue weighted by atomic mass is 16.6. The first-order chi connectivity index (χ1) is 8.90. The van der Waals surface area contributed by atoms with Crippen LogP contribution in [0.5, 0.6) is 11.5 Å². The number of likely N-dealkylation sites (N-methyl/N-ethyl adjacent to an activating group) is 1. The molecule has 0 saturated carbocycles. The number of hydrogen-bond acceptors (Lipinski definition) is 6. The summed E-state index contributed by atoms with van der Waals surface area (Å²) >= 11 is 0. The lowest BCUT2D eigenvalue weighted by Gasteiger charge is -2.21. The minimum Gasteiger partial charge on any atom is -0.493 e. The summed E-state index contributed by atoms with van der Waals surface area (Å²) in [7, 11) is 4.55. The van der Waals surface area contributed by atoms with Gasteiger partial charge in [0.25, 0.3) is 5.69 Å². The smallest absolute Gasteiger partial charge is 0.296 e. The third-order valence-corrected chi connectivity index (χ3v) is 2.63. The van der Waals surface area contributed by atoms with E-state index in [1.807, 2.05) is 0 Å². The summed E-state index contributed by atoms with van der Waals surface area (Å²) in [6.07, 6.45) is -0.599. The zero-order chi connectivity index (χ0) is 14.6. The van der Waals surface area contributed by atoms with E-state index in [-0.39, 0.29) is 12.2 Å². The molecule has 0 saturated heterocycles. The Balaban J connectivity index is 3.30. The molecule has 0 fully saturated rings. The zero-order valence-electron chi connectivity index (χ0n) is 11.4. The lowest BCUT2D eigenvalue weighted by atomic mass is 10.2. The van der Waals surface area contributed by atoms with E-state index < -0.39 is 11.0 Å². The van der Waals surface area contributed by atoms with Gasteiger partial charge in [0.05, 0.1) is 31.3 Å². The molecule has 0 aliphatic carbocycles. The molecular weight excluding hydrogens is 252 g/mol. The molecule has 19 heavy (non-hydrogen) atoms. The molecule has 0 spiro atoms. The predicted octanol–water partition coefficient (Wildman–Crippen LogP) is 1.43. The van der Waals surface area contributed by atoms with E-state index in [9.17, 15) is 15.2 Å². The molecule has 0 aliphatic heterocycles. The van der Waals surface area contributed by atoms with Gasteiger partial charge in [-0.1, -0.05) is 0 Å². The highest BCUT2D eigenvalue weighted by Crippen LogP contribution is 2.39. The lowest BCUT2D eigenvalue weighted by Crippen LogP contribution is -2.27. The number of methoxy groups -OCH3 is 2. The van der Waals surface area contributed by atoms with Crippen LogP contribution in [0.2, 0.25) is 0 Å². The van der Waals surface area contributed by atoms with Crippen molar-refractivity contribution in [2.24, 2.45) is 0 Å². The number of anilines is 1. The minimum absolute atomic E-state index is 0.0965. The molecule has 1 unspecified atom stereocenters. The van der Waals surface area contributed by atoms with Crippen molar-refractivity contribution in [1.82, 2.24) is 0 Å². The van der Waals surface area contributed by atoms with Crippen LogP contribution in [0, 0.1) is 10.1 Å². The second-order valence-electron chi connectivity index (χ2n) is 4.18. The number of nitrogens with zero attached hydrogens (tertiary/aromatic N) is 2. The molecule has 0 heterocycles. The molecule has 0 aromatic heterocycles. The first-order valence-corrected chi connectivity index (χ1v) is 5.70. The fraction of sp³-hybridized carbons (Fsp3) is 0.500. The second kappa shape index (κ2) is 6.24. The second-order valence-corrected chi connectivity index (χ2v) is 4.18. The van der Waals surface area contributed by atoms with Crippen molar-refractivity contribution >= 4 is 11.4 Å². The Morgan fingerprint density at radius 1 is 1.37 bits per heavy atom. The minimum atomic E-state index is -0.599. The van der Waals surface area contributed by atoms with Gasteiger partial charge in [0.1, 0.15) is 5.69 Å². The van der Waals surface area contributed by atoms with Crippen molar-refractivity contribution in [2.45, 2.75) is 13.0 Å². The van der Waals surface area contributed by atoms with Crippen molar-refractivity contribution < 1.29 is 19.5 Å². The van der Waals surface area contributed by atoms with Gasteiger partial charge in [-0.3, -0.25) is 10.1 Å². The molecule has 1 atom stereocenters. The summed E-state index contributed by atoms with van der Waals surface area (Å²) in [5.41, 5.74) is 0.268. The Morgan fingerprint density at radius 2 is 1.89 bits per heavy atom. The Hall–Kier alpha value is -2.02. The first-order valence-electron chi connectivity index (χ1n) is 5.70. The zero-order valence-corrected chi connectivity index (χ0v) is 11.4.